The van der Waals surface area contributed by atoms with Crippen molar-refractivity contribution in [3.63, 3.8) is 0 Å². The summed E-state index contributed by atoms with van der Waals surface area (Å²) in [6.45, 7) is 0.578. The Labute approximate surface area is 157 Å². The number of hydrogen-bond donors (Lipinski definition) is 0. The Bertz CT molecular complexity index is 988. The van der Waals surface area contributed by atoms with E-state index in [2.05, 4.69) is 0 Å². The Balaban J connectivity index is 2.68. The highest BCUT2D eigenvalue weighted by Gasteiger charge is 2.49. The molecule has 1 heterocycles. The summed E-state index contributed by atoms with van der Waals surface area (Å²) in [5, 5.41) is 0.170. The molecule has 0 aliphatic rings. The molecule has 0 saturated heterocycles. The van der Waals surface area contributed by atoms with Crippen molar-refractivity contribution in [1.82, 2.24) is 8.87 Å². The molecule has 1 aromatic heterocycles. The topological polar surface area (TPSA) is 59.4 Å². The van der Waals surface area contributed by atoms with Crippen LogP contribution < -0.4 is 5.56 Å². The Kier molecular flexibility index (Phi) is 6.03. The number of aryl methyl sites for hydroxylation is 1. The molecule has 11 heteroatoms. The molecule has 2 aromatic rings. The number of hydrogen-bond acceptors (Lipinski definition) is 3. The van der Waals surface area contributed by atoms with E-state index in [-0.39, 0.29) is 14.9 Å². The first-order chi connectivity index (χ1) is 12.4. The number of halogens is 5. The maximum atomic E-state index is 14.2. The second-order valence-corrected chi connectivity index (χ2v) is 7.93. The summed E-state index contributed by atoms with van der Waals surface area (Å²) >= 11 is 5.68. The summed E-state index contributed by atoms with van der Waals surface area (Å²) in [4.78, 5) is 10.6. The third kappa shape index (κ3) is 4.33. The predicted octanol–water partition coefficient (Wildman–Crippen LogP) is 3.49. The fraction of sp³-hybridized carbons (Fsp3) is 0.312. The molecule has 2 rings (SSSR count). The van der Waals surface area contributed by atoms with Crippen molar-refractivity contribution in [3.8, 4) is 0 Å². The van der Waals surface area contributed by atoms with Gasteiger partial charge in [0, 0.05) is 30.9 Å². The summed E-state index contributed by atoms with van der Waals surface area (Å²) in [7, 11) is -3.78. The highest BCUT2D eigenvalue weighted by atomic mass is 35.5. The molecule has 1 unspecified atom stereocenters. The minimum absolute atomic E-state index is 0.105. The zero-order valence-electron chi connectivity index (χ0n) is 14.2. The van der Waals surface area contributed by atoms with Gasteiger partial charge in [-0.2, -0.15) is 17.5 Å². The fourth-order valence-electron chi connectivity index (χ4n) is 2.56. The van der Waals surface area contributed by atoms with Gasteiger partial charge < -0.3 is 4.57 Å². The van der Waals surface area contributed by atoms with E-state index in [0.29, 0.717) is 12.3 Å². The number of benzene rings is 1. The summed E-state index contributed by atoms with van der Waals surface area (Å²) in [5.41, 5.74) is -1.26. The SMILES string of the molecule is CCN(C(c1ccc(Cl)cc1)C(F)(F)F)S(=O)(=O)c1cc(=O)n(C)cc1F. The lowest BCUT2D eigenvalue weighted by molar-refractivity contribution is -0.173. The van der Waals surface area contributed by atoms with E-state index in [0.717, 1.165) is 16.7 Å². The van der Waals surface area contributed by atoms with Gasteiger partial charge in [0.05, 0.1) is 0 Å². The quantitative estimate of drug-likeness (QED) is 0.688. The smallest absolute Gasteiger partial charge is 0.316 e. The number of sulfonamides is 1. The normalized spacial score (nSPS) is 13.8. The zero-order chi connectivity index (χ0) is 20.6. The molecule has 5 nitrogen and oxygen atoms in total. The number of nitrogens with zero attached hydrogens (tertiary/aromatic N) is 2. The van der Waals surface area contributed by atoms with Crippen LogP contribution >= 0.6 is 11.6 Å². The van der Waals surface area contributed by atoms with Crippen LogP contribution in [-0.2, 0) is 17.1 Å². The maximum absolute atomic E-state index is 14.2. The van der Waals surface area contributed by atoms with Crippen LogP contribution in [-0.4, -0.2) is 30.0 Å². The van der Waals surface area contributed by atoms with Crippen molar-refractivity contribution in [2.24, 2.45) is 7.05 Å². The highest BCUT2D eigenvalue weighted by Crippen LogP contribution is 2.40. The van der Waals surface area contributed by atoms with Crippen LogP contribution in [0.5, 0.6) is 0 Å². The van der Waals surface area contributed by atoms with Crippen LogP contribution in [0.15, 0.2) is 46.2 Å². The van der Waals surface area contributed by atoms with Crippen molar-refractivity contribution in [1.29, 1.82) is 0 Å². The average molecular weight is 427 g/mol. The van der Waals surface area contributed by atoms with Crippen LogP contribution in [0.2, 0.25) is 5.02 Å². The molecule has 148 valence electrons. The molecule has 0 saturated carbocycles. The molecular weight excluding hydrogens is 412 g/mol. The number of rotatable bonds is 5. The summed E-state index contributed by atoms with van der Waals surface area (Å²) in [5.74, 6) is -1.33. The Hall–Kier alpha value is -1.91. The highest BCUT2D eigenvalue weighted by molar-refractivity contribution is 7.89. The minimum Gasteiger partial charge on any atom is -0.316 e. The van der Waals surface area contributed by atoms with Crippen LogP contribution in [0, 0.1) is 5.82 Å². The van der Waals surface area contributed by atoms with Gasteiger partial charge in [-0.05, 0) is 17.7 Å². The molecule has 27 heavy (non-hydrogen) atoms. The van der Waals surface area contributed by atoms with Gasteiger partial charge in [0.2, 0.25) is 10.0 Å². The van der Waals surface area contributed by atoms with E-state index in [9.17, 15) is 30.8 Å². The standard InChI is InChI=1S/C16H15ClF4N2O3S/c1-3-23(15(16(19,20)21)10-4-6-11(17)7-5-10)27(25,26)13-8-14(24)22(2)9-12(13)18/h4-9,15H,3H2,1-2H3. The van der Waals surface area contributed by atoms with Crippen LogP contribution in [0.4, 0.5) is 17.6 Å². The first-order valence-corrected chi connectivity index (χ1v) is 9.41. The molecule has 0 aliphatic carbocycles. The lowest BCUT2D eigenvalue weighted by Gasteiger charge is -2.31. The first kappa shape index (κ1) is 21.4. The van der Waals surface area contributed by atoms with Crippen molar-refractivity contribution in [2.45, 2.75) is 24.0 Å². The van der Waals surface area contributed by atoms with Gasteiger partial charge in [0.25, 0.3) is 5.56 Å². The largest absolute Gasteiger partial charge is 0.409 e. The molecule has 0 amide bonds. The van der Waals surface area contributed by atoms with Crippen LogP contribution in [0.3, 0.4) is 0 Å². The predicted molar refractivity (Wildman–Crippen MR) is 91.5 cm³/mol. The molecule has 0 N–H and O–H groups in total. The van der Waals surface area contributed by atoms with Gasteiger partial charge >= 0.3 is 6.18 Å². The minimum atomic E-state index is -4.99. The average Bonchev–Trinajstić information content (AvgIpc) is 2.55. The van der Waals surface area contributed by atoms with E-state index in [1.54, 1.807) is 0 Å². The van der Waals surface area contributed by atoms with Gasteiger partial charge in [0.1, 0.15) is 10.9 Å². The number of pyridine rings is 1. The second kappa shape index (κ2) is 7.61. The van der Waals surface area contributed by atoms with E-state index < -0.39 is 45.1 Å². The molecule has 1 aromatic carbocycles. The molecule has 0 bridgehead atoms. The van der Waals surface area contributed by atoms with Crippen molar-refractivity contribution in [2.75, 3.05) is 6.54 Å². The summed E-state index contributed by atoms with van der Waals surface area (Å²) in [6.07, 6.45) is -4.39. The van der Waals surface area contributed by atoms with Crippen LogP contribution in [0.1, 0.15) is 18.5 Å². The van der Waals surface area contributed by atoms with Gasteiger partial charge in [-0.3, -0.25) is 4.79 Å². The van der Waals surface area contributed by atoms with Gasteiger partial charge in [-0.15, -0.1) is 0 Å². The van der Waals surface area contributed by atoms with Gasteiger partial charge in [-0.1, -0.05) is 30.7 Å². The lowest BCUT2D eigenvalue weighted by Crippen LogP contribution is -2.42. The fourth-order valence-corrected chi connectivity index (χ4v) is 4.35. The third-order valence-electron chi connectivity index (χ3n) is 3.83. The van der Waals surface area contributed by atoms with E-state index in [4.69, 9.17) is 11.6 Å². The number of aromatic nitrogens is 1. The number of alkyl halides is 3. The third-order valence-corrected chi connectivity index (χ3v) is 6.03. The Morgan fingerprint density at radius 3 is 2.26 bits per heavy atom. The molecule has 0 fully saturated rings. The monoisotopic (exact) mass is 426 g/mol. The first-order valence-electron chi connectivity index (χ1n) is 7.59. The van der Waals surface area contributed by atoms with Crippen LogP contribution in [0.25, 0.3) is 0 Å². The van der Waals surface area contributed by atoms with Gasteiger partial charge in [-0.25, -0.2) is 12.8 Å². The van der Waals surface area contributed by atoms with E-state index >= 15 is 0 Å². The molecular formula is C16H15ClF4N2O3S. The van der Waals surface area contributed by atoms with Crippen molar-refractivity contribution >= 4 is 21.6 Å². The van der Waals surface area contributed by atoms with Crippen molar-refractivity contribution in [3.05, 3.63) is 63.3 Å². The molecule has 0 aliphatic heterocycles. The lowest BCUT2D eigenvalue weighted by atomic mass is 10.1. The maximum Gasteiger partial charge on any atom is 0.409 e. The summed E-state index contributed by atoms with van der Waals surface area (Å²) < 4.78 is 81.8. The van der Waals surface area contributed by atoms with Gasteiger partial charge in [0.15, 0.2) is 5.82 Å². The summed E-state index contributed by atoms with van der Waals surface area (Å²) in [6, 6.07) is 2.35. The zero-order valence-corrected chi connectivity index (χ0v) is 15.7. The van der Waals surface area contributed by atoms with Crippen molar-refractivity contribution < 1.29 is 26.0 Å². The molecule has 0 radical (unpaired) electrons. The Morgan fingerprint density at radius 1 is 1.22 bits per heavy atom. The molecule has 1 atom stereocenters. The Morgan fingerprint density at radius 2 is 1.78 bits per heavy atom. The second-order valence-electron chi connectivity index (χ2n) is 5.64. The van der Waals surface area contributed by atoms with E-state index in [1.165, 1.54) is 26.1 Å². The molecule has 0 spiro atoms. The van der Waals surface area contributed by atoms with E-state index in [1.807, 2.05) is 0 Å².